The molecule has 36 valence electrons. The summed E-state index contributed by atoms with van der Waals surface area (Å²) in [6.45, 7) is 2.98. The summed E-state index contributed by atoms with van der Waals surface area (Å²) in [6.07, 6.45) is 1.15. The Morgan fingerprint density at radius 3 is 2.17 bits per heavy atom. The normalized spacial score (nSPS) is 18.3. The summed E-state index contributed by atoms with van der Waals surface area (Å²) in [5.74, 6) is 0. The molecule has 0 fully saturated rings. The maximum absolute atomic E-state index is 9.94. The van der Waals surface area contributed by atoms with Gasteiger partial charge in [0.15, 0.2) is 0 Å². The molecule has 0 spiro atoms. The Bertz CT molecular complexity index is 150. The van der Waals surface area contributed by atoms with Crippen LogP contribution in [0.1, 0.15) is 0 Å². The van der Waals surface area contributed by atoms with Crippen LogP contribution >= 0.6 is 0 Å². The lowest BCUT2D eigenvalue weighted by Crippen LogP contribution is -1.90. The average molecular weight is 106 g/mol. The topological polar surface area (TPSA) is 37.3 Å². The monoisotopic (exact) mass is 106 g/mol. The predicted octanol–water partition coefficient (Wildman–Crippen LogP) is -0.0393. The van der Waals surface area contributed by atoms with E-state index in [0.717, 1.165) is 6.26 Å². The maximum atomic E-state index is 9.94. The highest BCUT2D eigenvalue weighted by Crippen LogP contribution is 1.64. The molecule has 0 radical (unpaired) electrons. The van der Waals surface area contributed by atoms with E-state index in [0.29, 0.717) is 0 Å². The highest BCUT2D eigenvalue weighted by Gasteiger charge is 1.76. The minimum atomic E-state index is -2.77. The van der Waals surface area contributed by atoms with Gasteiger partial charge in [0.05, 0.1) is 0 Å². The van der Waals surface area contributed by atoms with Crippen molar-refractivity contribution in [3.05, 3.63) is 6.58 Å². The fourth-order valence-corrected chi connectivity index (χ4v) is 0. The maximum Gasteiger partial charge on any atom is 0.117 e. The van der Waals surface area contributed by atoms with Crippen molar-refractivity contribution in [2.45, 2.75) is 0 Å². The van der Waals surface area contributed by atoms with Crippen LogP contribution in [-0.4, -0.2) is 20.0 Å². The second kappa shape index (κ2) is 1.47. The molecule has 0 rings (SSSR count). The average Bonchev–Trinajstić information content (AvgIpc) is 1.35. The Morgan fingerprint density at radius 1 is 2.00 bits per heavy atom. The van der Waals surface area contributed by atoms with Crippen LogP contribution in [0.25, 0.3) is 0 Å². The first-order valence-electron chi connectivity index (χ1n) is 1.32. The van der Waals surface area contributed by atoms with E-state index < -0.39 is 9.80 Å². The molecule has 6 heavy (non-hydrogen) atoms. The minimum Gasteiger partial charge on any atom is -0.308 e. The molecule has 0 amide bonds. The molecule has 1 atom stereocenters. The van der Waals surface area contributed by atoms with E-state index in [9.17, 15) is 4.21 Å². The first-order valence-corrected chi connectivity index (χ1v) is 3.24. The number of rotatable bonds is 0. The molecule has 0 aliphatic heterocycles. The van der Waals surface area contributed by atoms with Crippen molar-refractivity contribution >= 4 is 14.8 Å². The summed E-state index contributed by atoms with van der Waals surface area (Å²) in [5.41, 5.74) is 0. The van der Waals surface area contributed by atoms with Crippen molar-refractivity contribution in [3.8, 4) is 0 Å². The molecule has 0 aromatic heterocycles. The van der Waals surface area contributed by atoms with E-state index in [1.807, 2.05) is 5.02 Å². The third kappa shape index (κ3) is 3.76. The molecule has 0 saturated heterocycles. The van der Waals surface area contributed by atoms with Gasteiger partial charge in [0.25, 0.3) is 0 Å². The molecule has 0 aromatic carbocycles. The molecule has 3 heteroatoms. The van der Waals surface area contributed by atoms with Crippen LogP contribution in [0.2, 0.25) is 0 Å². The van der Waals surface area contributed by atoms with Crippen LogP contribution in [0.5, 0.6) is 0 Å². The van der Waals surface area contributed by atoms with Gasteiger partial charge < -0.3 is 4.55 Å². The second-order valence-corrected chi connectivity index (χ2v) is 2.84. The highest BCUT2D eigenvalue weighted by atomic mass is 32.2. The van der Waals surface area contributed by atoms with Crippen molar-refractivity contribution < 1.29 is 8.76 Å². The summed E-state index contributed by atoms with van der Waals surface area (Å²) in [6, 6.07) is 0. The van der Waals surface area contributed by atoms with Crippen LogP contribution in [0.3, 0.4) is 0 Å². The van der Waals surface area contributed by atoms with Crippen molar-refractivity contribution in [2.24, 2.45) is 0 Å². The fourth-order valence-electron chi connectivity index (χ4n) is 0. The Balaban J connectivity index is 4.75. The SMILES string of the molecule is C=C=S(C)(=O)O. The van der Waals surface area contributed by atoms with Gasteiger partial charge in [-0.05, 0) is 11.6 Å². The standard InChI is InChI=1S/C3H6O2S/c1-3-6(2,4)5/h1H2,2H3,(H,4,5). The van der Waals surface area contributed by atoms with E-state index in [2.05, 4.69) is 6.58 Å². The van der Waals surface area contributed by atoms with Gasteiger partial charge >= 0.3 is 0 Å². The van der Waals surface area contributed by atoms with Gasteiger partial charge in [-0.25, -0.2) is 4.21 Å². The first-order chi connectivity index (χ1) is 2.56. The largest absolute Gasteiger partial charge is 0.308 e. The van der Waals surface area contributed by atoms with Gasteiger partial charge in [0, 0.05) is 6.26 Å². The zero-order chi connectivity index (χ0) is 5.21. The molecule has 1 unspecified atom stereocenters. The second-order valence-electron chi connectivity index (χ2n) is 0.947. The quantitative estimate of drug-likeness (QED) is 0.440. The van der Waals surface area contributed by atoms with Gasteiger partial charge in [-0.15, -0.1) is 0 Å². The number of hydrogen-bond donors (Lipinski definition) is 1. The van der Waals surface area contributed by atoms with Crippen LogP contribution in [0, 0.1) is 0 Å². The predicted molar refractivity (Wildman–Crippen MR) is 27.3 cm³/mol. The first kappa shape index (κ1) is 5.76. The van der Waals surface area contributed by atoms with E-state index in [1.165, 1.54) is 0 Å². The summed E-state index contributed by atoms with van der Waals surface area (Å²) in [7, 11) is -2.77. The van der Waals surface area contributed by atoms with Crippen LogP contribution in [-0.2, 0) is 9.80 Å². The summed E-state index contributed by atoms with van der Waals surface area (Å²) >= 11 is 0. The third-order valence-corrected chi connectivity index (χ3v) is 0.803. The van der Waals surface area contributed by atoms with Crippen molar-refractivity contribution in [1.82, 2.24) is 0 Å². The van der Waals surface area contributed by atoms with E-state index in [-0.39, 0.29) is 0 Å². The zero-order valence-corrected chi connectivity index (χ0v) is 4.29. The van der Waals surface area contributed by atoms with E-state index in [1.54, 1.807) is 0 Å². The smallest absolute Gasteiger partial charge is 0.117 e. The van der Waals surface area contributed by atoms with Crippen molar-refractivity contribution in [1.29, 1.82) is 0 Å². The molecular formula is C3H6O2S. The molecule has 0 aliphatic carbocycles. The Labute approximate surface area is 37.3 Å². The fraction of sp³-hybridized carbons (Fsp3) is 0.333. The lowest BCUT2D eigenvalue weighted by atomic mass is 11.3. The molecule has 0 bridgehead atoms. The van der Waals surface area contributed by atoms with E-state index >= 15 is 0 Å². The van der Waals surface area contributed by atoms with Crippen LogP contribution in [0.15, 0.2) is 6.58 Å². The van der Waals surface area contributed by atoms with Gasteiger partial charge in [-0.1, -0.05) is 0 Å². The van der Waals surface area contributed by atoms with Gasteiger partial charge in [-0.3, -0.25) is 0 Å². The highest BCUT2D eigenvalue weighted by molar-refractivity contribution is 7.95. The minimum absolute atomic E-state index is 1.15. The van der Waals surface area contributed by atoms with Crippen LogP contribution in [0.4, 0.5) is 0 Å². The summed E-state index contributed by atoms with van der Waals surface area (Å²) < 4.78 is 18.1. The van der Waals surface area contributed by atoms with Crippen LogP contribution < -0.4 is 0 Å². The Morgan fingerprint density at radius 2 is 2.17 bits per heavy atom. The lowest BCUT2D eigenvalue weighted by Gasteiger charge is -1.78. The Hall–Kier alpha value is -0.240. The third-order valence-electron chi connectivity index (χ3n) is 0.268. The van der Waals surface area contributed by atoms with Gasteiger partial charge in [0.1, 0.15) is 9.80 Å². The lowest BCUT2D eigenvalue weighted by molar-refractivity contribution is 0.567. The molecule has 2 nitrogen and oxygen atoms in total. The molecule has 0 aromatic rings. The molecule has 0 saturated carbocycles. The molecular weight excluding hydrogens is 100 g/mol. The summed E-state index contributed by atoms with van der Waals surface area (Å²) in [5, 5.41) is 1.94. The van der Waals surface area contributed by atoms with Gasteiger partial charge in [-0.2, -0.15) is 0 Å². The summed E-state index contributed by atoms with van der Waals surface area (Å²) in [4.78, 5) is 0. The van der Waals surface area contributed by atoms with Crippen molar-refractivity contribution in [3.63, 3.8) is 0 Å². The molecule has 0 aliphatic rings. The van der Waals surface area contributed by atoms with Crippen molar-refractivity contribution in [2.75, 3.05) is 6.26 Å². The Kier molecular flexibility index (Phi) is 1.41. The molecule has 0 heterocycles. The molecule has 1 N–H and O–H groups in total. The number of hydrogen-bond acceptors (Lipinski definition) is 1. The zero-order valence-electron chi connectivity index (χ0n) is 3.47. The van der Waals surface area contributed by atoms with Gasteiger partial charge in [0.2, 0.25) is 0 Å². The van der Waals surface area contributed by atoms with E-state index in [4.69, 9.17) is 4.55 Å².